The van der Waals surface area contributed by atoms with Gasteiger partial charge in [0.1, 0.15) is 0 Å². The fourth-order valence-electron chi connectivity index (χ4n) is 4.37. The van der Waals surface area contributed by atoms with Gasteiger partial charge in [-0.15, -0.1) is 0 Å². The van der Waals surface area contributed by atoms with E-state index in [1.165, 1.54) is 5.69 Å². The Bertz CT molecular complexity index is 804. The molecule has 7 heteroatoms. The maximum absolute atomic E-state index is 12.7. The van der Waals surface area contributed by atoms with Gasteiger partial charge in [-0.2, -0.15) is 0 Å². The Kier molecular flexibility index (Phi) is 7.45. The highest BCUT2D eigenvalue weighted by Crippen LogP contribution is 2.23. The molecule has 0 unspecified atom stereocenters. The van der Waals surface area contributed by atoms with E-state index in [0.29, 0.717) is 19.5 Å². The van der Waals surface area contributed by atoms with Crippen LogP contribution in [0.25, 0.3) is 0 Å². The first-order valence-electron chi connectivity index (χ1n) is 11.1. The van der Waals surface area contributed by atoms with Crippen LogP contribution in [0.5, 0.6) is 0 Å². The highest BCUT2D eigenvalue weighted by atomic mass is 32.2. The largest absolute Gasteiger partial charge is 0.372 e. The van der Waals surface area contributed by atoms with Crippen molar-refractivity contribution in [3.05, 3.63) is 29.8 Å². The number of hydrogen-bond acceptors (Lipinski definition) is 5. The molecular formula is C23H36N2O4S. The summed E-state index contributed by atoms with van der Waals surface area (Å²) in [6.45, 7) is 10.7. The summed E-state index contributed by atoms with van der Waals surface area (Å²) in [6.07, 6.45) is 2.36. The normalized spacial score (nSPS) is 23.8. The number of carbonyl (C=O) groups is 1. The van der Waals surface area contributed by atoms with E-state index in [1.807, 2.05) is 17.0 Å². The molecule has 0 aliphatic carbocycles. The molecule has 2 aliphatic heterocycles. The van der Waals surface area contributed by atoms with Crippen LogP contribution in [0.2, 0.25) is 0 Å². The lowest BCUT2D eigenvalue weighted by Gasteiger charge is -2.37. The van der Waals surface area contributed by atoms with Gasteiger partial charge in [0.25, 0.3) is 0 Å². The topological polar surface area (TPSA) is 66.9 Å². The van der Waals surface area contributed by atoms with Crippen LogP contribution in [-0.4, -0.2) is 68.6 Å². The number of hydrogen-bond donors (Lipinski definition) is 0. The van der Waals surface area contributed by atoms with Gasteiger partial charge in [-0.25, -0.2) is 8.42 Å². The molecular weight excluding hydrogens is 400 g/mol. The molecule has 2 saturated heterocycles. The van der Waals surface area contributed by atoms with Crippen LogP contribution >= 0.6 is 0 Å². The van der Waals surface area contributed by atoms with E-state index >= 15 is 0 Å². The van der Waals surface area contributed by atoms with Crippen molar-refractivity contribution >= 4 is 21.4 Å². The van der Waals surface area contributed by atoms with Gasteiger partial charge in [-0.05, 0) is 64.2 Å². The number of morpholine rings is 1. The molecule has 0 radical (unpaired) electrons. The molecule has 0 saturated carbocycles. The second-order valence-electron chi connectivity index (χ2n) is 9.21. The third-order valence-electron chi connectivity index (χ3n) is 6.23. The Labute approximate surface area is 181 Å². The highest BCUT2D eigenvalue weighted by Gasteiger charge is 2.28. The average Bonchev–Trinajstić information content (AvgIpc) is 2.68. The summed E-state index contributed by atoms with van der Waals surface area (Å²) in [4.78, 5) is 16.9. The molecule has 3 rings (SSSR count). The highest BCUT2D eigenvalue weighted by molar-refractivity contribution is 7.91. The molecule has 2 atom stereocenters. The van der Waals surface area contributed by atoms with E-state index in [1.54, 1.807) is 13.8 Å². The predicted octanol–water partition coefficient (Wildman–Crippen LogP) is 2.90. The Morgan fingerprint density at radius 1 is 1.07 bits per heavy atom. The number of piperidine rings is 1. The van der Waals surface area contributed by atoms with Crippen molar-refractivity contribution in [1.29, 1.82) is 0 Å². The van der Waals surface area contributed by atoms with E-state index in [-0.39, 0.29) is 35.0 Å². The minimum absolute atomic E-state index is 0.126. The molecule has 0 aromatic heterocycles. The molecule has 1 amide bonds. The summed E-state index contributed by atoms with van der Waals surface area (Å²) in [6, 6.07) is 8.27. The lowest BCUT2D eigenvalue weighted by atomic mass is 9.98. The Morgan fingerprint density at radius 3 is 2.17 bits per heavy atom. The van der Waals surface area contributed by atoms with Crippen LogP contribution in [0.1, 0.15) is 46.1 Å². The third-order valence-corrected chi connectivity index (χ3v) is 8.60. The van der Waals surface area contributed by atoms with Crippen molar-refractivity contribution in [2.24, 2.45) is 5.92 Å². The second kappa shape index (κ2) is 9.69. The van der Waals surface area contributed by atoms with Gasteiger partial charge in [0.15, 0.2) is 9.84 Å². The summed E-state index contributed by atoms with van der Waals surface area (Å²) >= 11 is 0. The molecule has 168 valence electrons. The quantitative estimate of drug-likeness (QED) is 0.686. The molecule has 1 aromatic rings. The van der Waals surface area contributed by atoms with Crippen molar-refractivity contribution in [2.75, 3.05) is 36.8 Å². The van der Waals surface area contributed by atoms with E-state index in [4.69, 9.17) is 4.74 Å². The van der Waals surface area contributed by atoms with Crippen LogP contribution < -0.4 is 4.90 Å². The van der Waals surface area contributed by atoms with Crippen LogP contribution in [0, 0.1) is 5.92 Å². The maximum Gasteiger partial charge on any atom is 0.226 e. The number of sulfone groups is 1. The molecule has 30 heavy (non-hydrogen) atoms. The van der Waals surface area contributed by atoms with Gasteiger partial charge in [0.2, 0.25) is 5.91 Å². The average molecular weight is 437 g/mol. The minimum atomic E-state index is -3.02. The van der Waals surface area contributed by atoms with Crippen LogP contribution in [-0.2, 0) is 25.8 Å². The summed E-state index contributed by atoms with van der Waals surface area (Å²) in [7, 11) is -3.02. The van der Waals surface area contributed by atoms with Crippen LogP contribution in [0.4, 0.5) is 5.69 Å². The van der Waals surface area contributed by atoms with Crippen molar-refractivity contribution in [1.82, 2.24) is 4.90 Å². The zero-order valence-electron chi connectivity index (χ0n) is 18.7. The smallest absolute Gasteiger partial charge is 0.226 e. The summed E-state index contributed by atoms with van der Waals surface area (Å²) in [5, 5.41) is -0.330. The first kappa shape index (κ1) is 23.1. The van der Waals surface area contributed by atoms with Crippen LogP contribution in [0.15, 0.2) is 24.3 Å². The van der Waals surface area contributed by atoms with Crippen molar-refractivity contribution in [2.45, 2.75) is 64.4 Å². The van der Waals surface area contributed by atoms with Gasteiger partial charge in [-0.3, -0.25) is 4.79 Å². The number of carbonyl (C=O) groups excluding carboxylic acids is 1. The predicted molar refractivity (Wildman–Crippen MR) is 121 cm³/mol. The SMILES string of the molecule is CC(C)S(=O)(=O)CC1CCN(C(=O)Cc2ccc(N3C[C@@H](C)O[C@@H](C)C3)cc2)CC1. The summed E-state index contributed by atoms with van der Waals surface area (Å²) in [5.41, 5.74) is 2.18. The molecule has 6 nitrogen and oxygen atoms in total. The standard InChI is InChI=1S/C23H36N2O4S/c1-17(2)30(27,28)16-21-9-11-24(12-10-21)23(26)13-20-5-7-22(8-6-20)25-14-18(3)29-19(4)15-25/h5-8,17-19,21H,9-16H2,1-4H3/t18-,19+. The van der Waals surface area contributed by atoms with Gasteiger partial charge in [0.05, 0.1) is 29.6 Å². The summed E-state index contributed by atoms with van der Waals surface area (Å²) in [5.74, 6) is 0.535. The zero-order chi connectivity index (χ0) is 21.9. The van der Waals surface area contributed by atoms with Gasteiger partial charge >= 0.3 is 0 Å². The van der Waals surface area contributed by atoms with Gasteiger partial charge < -0.3 is 14.5 Å². The molecule has 2 heterocycles. The molecule has 1 aromatic carbocycles. The number of likely N-dealkylation sites (tertiary alicyclic amines) is 1. The number of benzene rings is 1. The number of ether oxygens (including phenoxy) is 1. The van der Waals surface area contributed by atoms with Crippen molar-refractivity contribution < 1.29 is 17.9 Å². The van der Waals surface area contributed by atoms with E-state index in [9.17, 15) is 13.2 Å². The Hall–Kier alpha value is -1.60. The van der Waals surface area contributed by atoms with Crippen LogP contribution in [0.3, 0.4) is 0 Å². The second-order valence-corrected chi connectivity index (χ2v) is 11.8. The molecule has 0 spiro atoms. The molecule has 2 aliphatic rings. The number of anilines is 1. The Morgan fingerprint density at radius 2 is 1.63 bits per heavy atom. The molecule has 2 fully saturated rings. The molecule has 0 N–H and O–H groups in total. The van der Waals surface area contributed by atoms with E-state index < -0.39 is 9.84 Å². The monoisotopic (exact) mass is 436 g/mol. The van der Waals surface area contributed by atoms with Crippen molar-refractivity contribution in [3.63, 3.8) is 0 Å². The Balaban J connectivity index is 1.50. The lowest BCUT2D eigenvalue weighted by Crippen LogP contribution is -2.45. The lowest BCUT2D eigenvalue weighted by molar-refractivity contribution is -0.131. The first-order chi connectivity index (χ1) is 14.1. The summed E-state index contributed by atoms with van der Waals surface area (Å²) < 4.78 is 30.1. The number of nitrogens with zero attached hydrogens (tertiary/aromatic N) is 2. The van der Waals surface area contributed by atoms with Gasteiger partial charge in [-0.1, -0.05) is 12.1 Å². The molecule has 0 bridgehead atoms. The van der Waals surface area contributed by atoms with E-state index in [2.05, 4.69) is 30.9 Å². The van der Waals surface area contributed by atoms with E-state index in [0.717, 1.165) is 31.5 Å². The minimum Gasteiger partial charge on any atom is -0.372 e. The fraction of sp³-hybridized carbons (Fsp3) is 0.696. The number of amides is 1. The van der Waals surface area contributed by atoms with Gasteiger partial charge in [0, 0.05) is 31.9 Å². The number of rotatable bonds is 6. The van der Waals surface area contributed by atoms with Crippen molar-refractivity contribution in [3.8, 4) is 0 Å². The zero-order valence-corrected chi connectivity index (χ0v) is 19.5. The fourth-order valence-corrected chi connectivity index (χ4v) is 5.75. The maximum atomic E-state index is 12.7. The third kappa shape index (κ3) is 5.97. The first-order valence-corrected chi connectivity index (χ1v) is 12.8.